The topological polar surface area (TPSA) is 17.1 Å². The molecule has 0 atom stereocenters. The number of halogens is 1. The summed E-state index contributed by atoms with van der Waals surface area (Å²) in [5.41, 5.74) is 4.45. The third-order valence-corrected chi connectivity index (χ3v) is 3.42. The Morgan fingerprint density at radius 3 is 2.58 bits per heavy atom. The Labute approximate surface area is 119 Å². The molecule has 0 aliphatic heterocycles. The molecule has 0 saturated heterocycles. The minimum absolute atomic E-state index is 0.218. The van der Waals surface area contributed by atoms with E-state index in [1.165, 1.54) is 11.1 Å². The fourth-order valence-corrected chi connectivity index (χ4v) is 2.35. The van der Waals surface area contributed by atoms with Gasteiger partial charge in [-0.1, -0.05) is 47.5 Å². The monoisotopic (exact) mass is 272 g/mol. The number of hydrogen-bond donors (Lipinski definition) is 0. The van der Waals surface area contributed by atoms with Gasteiger partial charge in [-0.3, -0.25) is 4.79 Å². The number of carbonyl (C=O) groups is 1. The smallest absolute Gasteiger partial charge is 0.141 e. The van der Waals surface area contributed by atoms with Crippen molar-refractivity contribution in [2.75, 3.05) is 0 Å². The Hall–Kier alpha value is -1.60. The molecule has 19 heavy (non-hydrogen) atoms. The van der Waals surface area contributed by atoms with Crippen molar-refractivity contribution >= 4 is 17.4 Å². The molecule has 0 N–H and O–H groups in total. The SMILES string of the molecule is Cc1ccc(C)c(CC(=O)Cc2cccc(Cl)c2)c1. The van der Waals surface area contributed by atoms with Crippen LogP contribution in [0.3, 0.4) is 0 Å². The second-order valence-electron chi connectivity index (χ2n) is 4.95. The Bertz CT molecular complexity index is 602. The van der Waals surface area contributed by atoms with E-state index in [4.69, 9.17) is 11.6 Å². The van der Waals surface area contributed by atoms with Crippen LogP contribution in [0.25, 0.3) is 0 Å². The van der Waals surface area contributed by atoms with Gasteiger partial charge in [-0.25, -0.2) is 0 Å². The maximum absolute atomic E-state index is 12.1. The first kappa shape index (κ1) is 13.8. The van der Waals surface area contributed by atoms with Gasteiger partial charge < -0.3 is 0 Å². The zero-order chi connectivity index (χ0) is 13.8. The largest absolute Gasteiger partial charge is 0.299 e. The van der Waals surface area contributed by atoms with Gasteiger partial charge in [-0.15, -0.1) is 0 Å². The Morgan fingerprint density at radius 1 is 1.05 bits per heavy atom. The Kier molecular flexibility index (Phi) is 4.39. The van der Waals surface area contributed by atoms with Gasteiger partial charge in [0.2, 0.25) is 0 Å². The van der Waals surface area contributed by atoms with E-state index in [-0.39, 0.29) is 5.78 Å². The van der Waals surface area contributed by atoms with E-state index in [0.29, 0.717) is 17.9 Å². The molecule has 0 aliphatic carbocycles. The van der Waals surface area contributed by atoms with Crippen molar-refractivity contribution in [1.82, 2.24) is 0 Å². The van der Waals surface area contributed by atoms with E-state index in [0.717, 1.165) is 11.1 Å². The number of aryl methyl sites for hydroxylation is 2. The van der Waals surface area contributed by atoms with E-state index in [1.807, 2.05) is 38.1 Å². The van der Waals surface area contributed by atoms with Gasteiger partial charge in [-0.05, 0) is 42.7 Å². The average molecular weight is 273 g/mol. The third-order valence-electron chi connectivity index (χ3n) is 3.18. The number of ketones is 1. The van der Waals surface area contributed by atoms with E-state index in [2.05, 4.69) is 18.2 Å². The first-order valence-corrected chi connectivity index (χ1v) is 6.74. The van der Waals surface area contributed by atoms with Crippen molar-refractivity contribution in [1.29, 1.82) is 0 Å². The predicted octanol–water partition coefficient (Wildman–Crippen LogP) is 4.31. The highest BCUT2D eigenvalue weighted by Gasteiger charge is 2.08. The third kappa shape index (κ3) is 3.93. The van der Waals surface area contributed by atoms with Gasteiger partial charge in [-0.2, -0.15) is 0 Å². The molecular formula is C17H17ClO. The molecule has 2 heteroatoms. The normalized spacial score (nSPS) is 10.5. The zero-order valence-corrected chi connectivity index (χ0v) is 12.0. The van der Waals surface area contributed by atoms with Gasteiger partial charge in [0, 0.05) is 17.9 Å². The van der Waals surface area contributed by atoms with Gasteiger partial charge in [0.25, 0.3) is 0 Å². The summed E-state index contributed by atoms with van der Waals surface area (Å²) in [7, 11) is 0. The van der Waals surface area contributed by atoms with E-state index in [1.54, 1.807) is 0 Å². The molecule has 0 fully saturated rings. The lowest BCUT2D eigenvalue weighted by Gasteiger charge is -2.07. The molecule has 0 amide bonds. The molecule has 0 aromatic heterocycles. The standard InChI is InChI=1S/C17H17ClO/c1-12-6-7-13(2)15(8-12)11-17(19)10-14-4-3-5-16(18)9-14/h3-9H,10-11H2,1-2H3. The molecule has 1 nitrogen and oxygen atoms in total. The van der Waals surface area contributed by atoms with Gasteiger partial charge in [0.05, 0.1) is 0 Å². The molecule has 0 bridgehead atoms. The summed E-state index contributed by atoms with van der Waals surface area (Å²) in [4.78, 5) is 12.1. The van der Waals surface area contributed by atoms with Gasteiger partial charge >= 0.3 is 0 Å². The van der Waals surface area contributed by atoms with Crippen LogP contribution in [0.5, 0.6) is 0 Å². The van der Waals surface area contributed by atoms with Crippen molar-refractivity contribution in [3.63, 3.8) is 0 Å². The molecule has 98 valence electrons. The highest BCUT2D eigenvalue weighted by atomic mass is 35.5. The molecule has 2 rings (SSSR count). The number of Topliss-reactive ketones (excluding diaryl/α,β-unsaturated/α-hetero) is 1. The summed E-state index contributed by atoms with van der Waals surface area (Å²) in [6.07, 6.45) is 0.925. The molecule has 0 aliphatic rings. The molecule has 0 unspecified atom stereocenters. The summed E-state index contributed by atoms with van der Waals surface area (Å²) in [5.74, 6) is 0.218. The lowest BCUT2D eigenvalue weighted by molar-refractivity contribution is -0.117. The fourth-order valence-electron chi connectivity index (χ4n) is 2.14. The molecule has 0 heterocycles. The van der Waals surface area contributed by atoms with Crippen LogP contribution < -0.4 is 0 Å². The first-order chi connectivity index (χ1) is 9.04. The van der Waals surface area contributed by atoms with E-state index in [9.17, 15) is 4.79 Å². The van der Waals surface area contributed by atoms with Crippen molar-refractivity contribution in [2.45, 2.75) is 26.7 Å². The summed E-state index contributed by atoms with van der Waals surface area (Å²) in [5, 5.41) is 0.678. The van der Waals surface area contributed by atoms with Crippen LogP contribution in [0, 0.1) is 13.8 Å². The first-order valence-electron chi connectivity index (χ1n) is 6.37. The average Bonchev–Trinajstić information content (AvgIpc) is 2.34. The zero-order valence-electron chi connectivity index (χ0n) is 11.2. The Morgan fingerprint density at radius 2 is 1.84 bits per heavy atom. The van der Waals surface area contributed by atoms with Gasteiger partial charge in [0.1, 0.15) is 5.78 Å². The molecule has 0 saturated carbocycles. The Balaban J connectivity index is 2.07. The van der Waals surface area contributed by atoms with Crippen LogP contribution in [0.2, 0.25) is 5.02 Å². The lowest BCUT2D eigenvalue weighted by Crippen LogP contribution is -2.07. The van der Waals surface area contributed by atoms with Crippen LogP contribution in [-0.4, -0.2) is 5.78 Å². The van der Waals surface area contributed by atoms with Crippen LogP contribution in [0.15, 0.2) is 42.5 Å². The van der Waals surface area contributed by atoms with Gasteiger partial charge in [0.15, 0.2) is 0 Å². The summed E-state index contributed by atoms with van der Waals surface area (Å²) < 4.78 is 0. The van der Waals surface area contributed by atoms with Crippen molar-refractivity contribution in [3.8, 4) is 0 Å². The van der Waals surface area contributed by atoms with Crippen molar-refractivity contribution < 1.29 is 4.79 Å². The minimum atomic E-state index is 0.218. The maximum atomic E-state index is 12.1. The van der Waals surface area contributed by atoms with Crippen molar-refractivity contribution in [2.24, 2.45) is 0 Å². The van der Waals surface area contributed by atoms with Crippen LogP contribution >= 0.6 is 11.6 Å². The highest BCUT2D eigenvalue weighted by Crippen LogP contribution is 2.15. The summed E-state index contributed by atoms with van der Waals surface area (Å²) >= 11 is 5.92. The maximum Gasteiger partial charge on any atom is 0.141 e. The predicted molar refractivity (Wildman–Crippen MR) is 79.8 cm³/mol. The molecule has 0 spiro atoms. The second-order valence-corrected chi connectivity index (χ2v) is 5.39. The molecule has 0 radical (unpaired) electrons. The van der Waals surface area contributed by atoms with Crippen LogP contribution in [0.1, 0.15) is 22.3 Å². The summed E-state index contributed by atoms with van der Waals surface area (Å²) in [6.45, 7) is 4.09. The quantitative estimate of drug-likeness (QED) is 0.810. The minimum Gasteiger partial charge on any atom is -0.299 e. The summed E-state index contributed by atoms with van der Waals surface area (Å²) in [6, 6.07) is 13.7. The van der Waals surface area contributed by atoms with Crippen LogP contribution in [0.4, 0.5) is 0 Å². The molecule has 2 aromatic carbocycles. The number of hydrogen-bond acceptors (Lipinski definition) is 1. The molecule has 2 aromatic rings. The lowest BCUT2D eigenvalue weighted by atomic mass is 9.98. The van der Waals surface area contributed by atoms with E-state index >= 15 is 0 Å². The van der Waals surface area contributed by atoms with Crippen LogP contribution in [-0.2, 0) is 17.6 Å². The number of rotatable bonds is 4. The second kappa shape index (κ2) is 6.03. The van der Waals surface area contributed by atoms with Crippen molar-refractivity contribution in [3.05, 3.63) is 69.7 Å². The number of benzene rings is 2. The van der Waals surface area contributed by atoms with E-state index < -0.39 is 0 Å². The molecular weight excluding hydrogens is 256 g/mol. The highest BCUT2D eigenvalue weighted by molar-refractivity contribution is 6.30. The fraction of sp³-hybridized carbons (Fsp3) is 0.235. The number of carbonyl (C=O) groups excluding carboxylic acids is 1.